The Balaban J connectivity index is 2.28. The van der Waals surface area contributed by atoms with E-state index in [0.717, 1.165) is 22.7 Å². The summed E-state index contributed by atoms with van der Waals surface area (Å²) in [5, 5.41) is 11.7. The first-order valence-electron chi connectivity index (χ1n) is 8.10. The van der Waals surface area contributed by atoms with Gasteiger partial charge in [0.05, 0.1) is 36.9 Å². The molecule has 2 N–H and O–H groups in total. The van der Waals surface area contributed by atoms with Gasteiger partial charge in [-0.05, 0) is 18.4 Å². The number of ether oxygens (including phenoxy) is 2. The van der Waals surface area contributed by atoms with E-state index in [4.69, 9.17) is 15.2 Å². The molecular weight excluding hydrogens is 402 g/mol. The van der Waals surface area contributed by atoms with E-state index in [1.54, 1.807) is 24.4 Å². The number of fused-ring (bicyclic) bond motifs is 1. The second-order valence-corrected chi connectivity index (χ2v) is 7.58. The van der Waals surface area contributed by atoms with Gasteiger partial charge >= 0.3 is 11.9 Å². The molecule has 1 aromatic rings. The highest BCUT2D eigenvalue weighted by molar-refractivity contribution is 8.07. The molecule has 0 radical (unpaired) electrons. The van der Waals surface area contributed by atoms with E-state index in [9.17, 15) is 19.6 Å². The predicted molar refractivity (Wildman–Crippen MR) is 102 cm³/mol. The summed E-state index contributed by atoms with van der Waals surface area (Å²) >= 11 is 2.22. The highest BCUT2D eigenvalue weighted by Crippen LogP contribution is 2.48. The Bertz CT molecular complexity index is 985. The predicted octanol–water partition coefficient (Wildman–Crippen LogP) is 1.95. The van der Waals surface area contributed by atoms with Crippen LogP contribution in [0, 0.1) is 11.3 Å². The zero-order valence-electron chi connectivity index (χ0n) is 14.9. The zero-order chi connectivity index (χ0) is 20.4. The number of hydrogen-bond donors (Lipinski definition) is 1. The van der Waals surface area contributed by atoms with Crippen molar-refractivity contribution in [2.24, 2.45) is 5.73 Å². The number of amides is 1. The summed E-state index contributed by atoms with van der Waals surface area (Å²) in [6, 6.07) is 5.57. The van der Waals surface area contributed by atoms with E-state index in [1.165, 1.54) is 18.4 Å². The van der Waals surface area contributed by atoms with Crippen LogP contribution in [0.15, 0.2) is 50.5 Å². The molecule has 144 valence electrons. The molecule has 2 aliphatic rings. The van der Waals surface area contributed by atoms with Gasteiger partial charge in [-0.15, -0.1) is 11.3 Å². The minimum absolute atomic E-state index is 0.0127. The van der Waals surface area contributed by atoms with Crippen molar-refractivity contribution < 1.29 is 23.9 Å². The van der Waals surface area contributed by atoms with Gasteiger partial charge in [-0.3, -0.25) is 9.69 Å². The molecule has 1 amide bonds. The number of carbonyl (C=O) groups is 3. The normalized spacial score (nSPS) is 19.0. The standard InChI is InChI=1S/C18H15N3O5S2/c1-3-26-18(24)14-13(10-5-4-6-27-10)9(8-19)15(20)21-12(22)7-11(17(23)25-2)28-16(14)21/h4-7,13H,3,20H2,1-2H3. The van der Waals surface area contributed by atoms with E-state index in [2.05, 4.69) is 0 Å². The molecule has 10 heteroatoms. The Labute approximate surface area is 168 Å². The number of nitriles is 1. The topological polar surface area (TPSA) is 123 Å². The Kier molecular flexibility index (Phi) is 5.58. The molecule has 8 nitrogen and oxygen atoms in total. The van der Waals surface area contributed by atoms with Crippen molar-refractivity contribution >= 4 is 40.9 Å². The number of hydrogen-bond acceptors (Lipinski definition) is 9. The molecule has 0 fully saturated rings. The second kappa shape index (κ2) is 7.92. The van der Waals surface area contributed by atoms with Crippen LogP contribution in [0.3, 0.4) is 0 Å². The molecule has 1 atom stereocenters. The molecule has 3 heterocycles. The molecule has 1 aromatic heterocycles. The van der Waals surface area contributed by atoms with Crippen LogP contribution >= 0.6 is 23.1 Å². The minimum atomic E-state index is -0.799. The van der Waals surface area contributed by atoms with Crippen molar-refractivity contribution in [2.75, 3.05) is 13.7 Å². The van der Waals surface area contributed by atoms with Gasteiger partial charge in [-0.1, -0.05) is 17.8 Å². The van der Waals surface area contributed by atoms with Crippen LogP contribution in [-0.4, -0.2) is 36.5 Å². The van der Waals surface area contributed by atoms with Crippen molar-refractivity contribution in [1.29, 1.82) is 5.26 Å². The maximum Gasteiger partial charge on any atom is 0.344 e. The smallest absolute Gasteiger partial charge is 0.344 e. The van der Waals surface area contributed by atoms with E-state index in [-0.39, 0.29) is 33.5 Å². The molecule has 0 spiro atoms. The average molecular weight is 417 g/mol. The van der Waals surface area contributed by atoms with Crippen molar-refractivity contribution in [2.45, 2.75) is 12.8 Å². The minimum Gasteiger partial charge on any atom is -0.465 e. The Morgan fingerprint density at radius 3 is 2.71 bits per heavy atom. The van der Waals surface area contributed by atoms with Crippen LogP contribution in [-0.2, 0) is 23.9 Å². The fourth-order valence-corrected chi connectivity index (χ4v) is 4.84. The van der Waals surface area contributed by atoms with Crippen LogP contribution in [0.4, 0.5) is 0 Å². The first kappa shape index (κ1) is 19.7. The van der Waals surface area contributed by atoms with Crippen molar-refractivity contribution in [3.63, 3.8) is 0 Å². The third-order valence-electron chi connectivity index (χ3n) is 4.04. The summed E-state index contributed by atoms with van der Waals surface area (Å²) in [7, 11) is 1.19. The van der Waals surface area contributed by atoms with E-state index < -0.39 is 23.8 Å². The first-order chi connectivity index (χ1) is 13.4. The Hall–Kier alpha value is -3.03. The van der Waals surface area contributed by atoms with Crippen LogP contribution in [0.5, 0.6) is 0 Å². The van der Waals surface area contributed by atoms with Gasteiger partial charge in [-0.25, -0.2) is 9.59 Å². The lowest BCUT2D eigenvalue weighted by Gasteiger charge is -2.36. The fourth-order valence-electron chi connectivity index (χ4n) is 2.87. The summed E-state index contributed by atoms with van der Waals surface area (Å²) in [4.78, 5) is 39.3. The summed E-state index contributed by atoms with van der Waals surface area (Å²) in [6.07, 6.45) is 1.07. The van der Waals surface area contributed by atoms with Gasteiger partial charge in [0.25, 0.3) is 5.91 Å². The number of thioether (sulfide) groups is 1. The maximum atomic E-state index is 12.8. The van der Waals surface area contributed by atoms with Crippen LogP contribution in [0.1, 0.15) is 17.7 Å². The third-order valence-corrected chi connectivity index (χ3v) is 6.08. The summed E-state index contributed by atoms with van der Waals surface area (Å²) in [5.41, 5.74) is 6.30. The van der Waals surface area contributed by atoms with Gasteiger partial charge < -0.3 is 15.2 Å². The molecule has 3 rings (SSSR count). The second-order valence-electron chi connectivity index (χ2n) is 5.57. The largest absolute Gasteiger partial charge is 0.465 e. The molecule has 0 bridgehead atoms. The molecule has 0 aliphatic carbocycles. The highest BCUT2D eigenvalue weighted by Gasteiger charge is 2.44. The number of methoxy groups -OCH3 is 1. The van der Waals surface area contributed by atoms with E-state index in [0.29, 0.717) is 4.88 Å². The number of carbonyl (C=O) groups excluding carboxylic acids is 3. The molecular formula is C18H15N3O5S2. The lowest BCUT2D eigenvalue weighted by Crippen LogP contribution is -2.41. The molecule has 0 saturated heterocycles. The van der Waals surface area contributed by atoms with Gasteiger partial charge in [0.1, 0.15) is 15.8 Å². The highest BCUT2D eigenvalue weighted by atomic mass is 32.2. The number of esters is 2. The number of allylic oxidation sites excluding steroid dienone is 1. The quantitative estimate of drug-likeness (QED) is 0.738. The zero-order valence-corrected chi connectivity index (χ0v) is 16.6. The van der Waals surface area contributed by atoms with Crippen molar-refractivity contribution in [3.05, 3.63) is 55.4 Å². The van der Waals surface area contributed by atoms with Crippen LogP contribution < -0.4 is 5.73 Å². The lowest BCUT2D eigenvalue weighted by molar-refractivity contribution is -0.139. The van der Waals surface area contributed by atoms with Crippen LogP contribution in [0.2, 0.25) is 0 Å². The summed E-state index contributed by atoms with van der Waals surface area (Å²) in [5.74, 6) is -2.93. The molecule has 0 saturated carbocycles. The molecule has 0 aromatic carbocycles. The van der Waals surface area contributed by atoms with Gasteiger partial charge in [0, 0.05) is 11.0 Å². The Morgan fingerprint density at radius 1 is 1.39 bits per heavy atom. The number of nitrogens with two attached hydrogens (primary N) is 1. The van der Waals surface area contributed by atoms with Gasteiger partial charge in [0.2, 0.25) is 0 Å². The van der Waals surface area contributed by atoms with Crippen molar-refractivity contribution in [1.82, 2.24) is 4.90 Å². The third kappa shape index (κ3) is 3.19. The summed E-state index contributed by atoms with van der Waals surface area (Å²) in [6.45, 7) is 1.75. The SMILES string of the molecule is CCOC(=O)C1=C2SC(C(=O)OC)=CC(=O)N2C(N)=C(C#N)C1c1cccs1. The molecule has 1 unspecified atom stereocenters. The van der Waals surface area contributed by atoms with E-state index >= 15 is 0 Å². The number of thiophene rings is 1. The van der Waals surface area contributed by atoms with Gasteiger partial charge in [0.15, 0.2) is 0 Å². The number of nitrogens with zero attached hydrogens (tertiary/aromatic N) is 2. The van der Waals surface area contributed by atoms with Crippen molar-refractivity contribution in [3.8, 4) is 6.07 Å². The maximum absolute atomic E-state index is 12.8. The lowest BCUT2D eigenvalue weighted by atomic mass is 9.87. The number of rotatable bonds is 4. The van der Waals surface area contributed by atoms with Crippen LogP contribution in [0.25, 0.3) is 0 Å². The van der Waals surface area contributed by atoms with Gasteiger partial charge in [-0.2, -0.15) is 5.26 Å². The molecule has 28 heavy (non-hydrogen) atoms. The van der Waals surface area contributed by atoms with E-state index in [1.807, 2.05) is 6.07 Å². The fraction of sp³-hybridized carbons (Fsp3) is 0.222. The Morgan fingerprint density at radius 2 is 2.14 bits per heavy atom. The summed E-state index contributed by atoms with van der Waals surface area (Å²) < 4.78 is 9.89. The monoisotopic (exact) mass is 417 g/mol. The average Bonchev–Trinajstić information content (AvgIpc) is 3.21. The molecule has 2 aliphatic heterocycles. The first-order valence-corrected chi connectivity index (χ1v) is 9.80.